The smallest absolute Gasteiger partial charge is 0.334 e. The Morgan fingerprint density at radius 1 is 1.37 bits per heavy atom. The molecule has 0 saturated carbocycles. The van der Waals surface area contributed by atoms with Gasteiger partial charge in [0, 0.05) is 0 Å². The fourth-order valence-electron chi connectivity index (χ4n) is 1.10. The highest BCUT2D eigenvalue weighted by Crippen LogP contribution is 2.08. The zero-order valence-corrected chi connectivity index (χ0v) is 11.7. The molecule has 0 bridgehead atoms. The second-order valence-electron chi connectivity index (χ2n) is 3.32. The first-order valence-electron chi connectivity index (χ1n) is 5.24. The van der Waals surface area contributed by atoms with E-state index >= 15 is 0 Å². The minimum absolute atomic E-state index is 0.0987. The van der Waals surface area contributed by atoms with Crippen LogP contribution in [0.2, 0.25) is 0 Å². The van der Waals surface area contributed by atoms with Crippen molar-refractivity contribution in [3.05, 3.63) is 0 Å². The minimum atomic E-state index is -4.00. The molecule has 0 aromatic carbocycles. The van der Waals surface area contributed by atoms with E-state index in [-0.39, 0.29) is 11.1 Å². The molecule has 0 saturated heterocycles. The summed E-state index contributed by atoms with van der Waals surface area (Å²) in [6.45, 7) is 0.0929. The molecule has 0 aromatic rings. The zero-order chi connectivity index (χ0) is 15.1. The number of aliphatic hydroxyl groups is 1. The second-order valence-corrected chi connectivity index (χ2v) is 5.14. The van der Waals surface area contributed by atoms with Crippen LogP contribution in [0, 0.1) is 0 Å². The van der Waals surface area contributed by atoms with Crippen LogP contribution < -0.4 is 0 Å². The van der Waals surface area contributed by atoms with Gasteiger partial charge in [0.2, 0.25) is 10.0 Å². The molecule has 0 radical (unpaired) electrons. The normalized spacial score (nSPS) is 13.1. The number of carbonyl (C=O) groups is 2. The van der Waals surface area contributed by atoms with Crippen molar-refractivity contribution in [3.8, 4) is 0 Å². The molecule has 0 fully saturated rings. The second kappa shape index (κ2) is 8.04. The van der Waals surface area contributed by atoms with Crippen LogP contribution in [0.4, 0.5) is 0 Å². The quantitative estimate of drug-likeness (QED) is 0.415. The van der Waals surface area contributed by atoms with Gasteiger partial charge in [0.1, 0.15) is 0 Å². The Kier molecular flexibility index (Phi) is 7.52. The van der Waals surface area contributed by atoms with Crippen LogP contribution >= 0.6 is 0 Å². The van der Waals surface area contributed by atoms with Crippen molar-refractivity contribution in [1.29, 1.82) is 0 Å². The predicted molar refractivity (Wildman–Crippen MR) is 62.2 cm³/mol. The molecular formula is C9H17NO8S. The van der Waals surface area contributed by atoms with Crippen LogP contribution in [0.3, 0.4) is 0 Å². The lowest BCUT2D eigenvalue weighted by molar-refractivity contribution is -0.180. The Morgan fingerprint density at radius 2 is 1.95 bits per heavy atom. The number of nitrogens with zero attached hydrogens (tertiary/aromatic N) is 1. The Balaban J connectivity index is 4.92. The third-order valence-corrected chi connectivity index (χ3v) is 2.86. The summed E-state index contributed by atoms with van der Waals surface area (Å²) >= 11 is 0. The molecule has 1 atom stereocenters. The molecule has 0 aromatic heterocycles. The number of aliphatic hydroxyl groups excluding tert-OH is 1. The topological polar surface area (TPSA) is 119 Å². The maximum Gasteiger partial charge on any atom is 0.334 e. The lowest BCUT2D eigenvalue weighted by Gasteiger charge is -2.24. The van der Waals surface area contributed by atoms with Gasteiger partial charge in [-0.1, -0.05) is 4.47 Å². The summed E-state index contributed by atoms with van der Waals surface area (Å²) in [6, 6.07) is -1.59. The van der Waals surface area contributed by atoms with E-state index in [4.69, 9.17) is 9.94 Å². The zero-order valence-electron chi connectivity index (χ0n) is 10.9. The third kappa shape index (κ3) is 5.96. The van der Waals surface area contributed by atoms with E-state index in [0.29, 0.717) is 0 Å². The Labute approximate surface area is 111 Å². The Hall–Kier alpha value is -1.23. The molecule has 9 nitrogen and oxygen atoms in total. The maximum absolute atomic E-state index is 11.5. The maximum atomic E-state index is 11.5. The van der Waals surface area contributed by atoms with Crippen molar-refractivity contribution in [2.24, 2.45) is 0 Å². The molecule has 0 heterocycles. The molecule has 1 N–H and O–H groups in total. The van der Waals surface area contributed by atoms with Gasteiger partial charge < -0.3 is 14.6 Å². The summed E-state index contributed by atoms with van der Waals surface area (Å²) in [5.41, 5.74) is 0. The summed E-state index contributed by atoms with van der Waals surface area (Å²) in [7, 11) is -2.97. The lowest BCUT2D eigenvalue weighted by atomic mass is 10.3. The summed E-state index contributed by atoms with van der Waals surface area (Å²) in [5, 5.41) is 9.03. The van der Waals surface area contributed by atoms with Gasteiger partial charge >= 0.3 is 11.9 Å². The van der Waals surface area contributed by atoms with Gasteiger partial charge in [-0.05, 0) is 6.92 Å². The van der Waals surface area contributed by atoms with Crippen LogP contribution in [-0.2, 0) is 33.9 Å². The predicted octanol–water partition coefficient (Wildman–Crippen LogP) is -1.72. The molecule has 19 heavy (non-hydrogen) atoms. The first kappa shape index (κ1) is 17.8. The van der Waals surface area contributed by atoms with Crippen LogP contribution in [0.5, 0.6) is 0 Å². The number of carbonyl (C=O) groups excluding carboxylic acids is 2. The first-order chi connectivity index (χ1) is 8.77. The molecular weight excluding hydrogens is 282 g/mol. The van der Waals surface area contributed by atoms with Gasteiger partial charge in [0.25, 0.3) is 0 Å². The fourth-order valence-corrected chi connectivity index (χ4v) is 1.96. The highest BCUT2D eigenvalue weighted by molar-refractivity contribution is 7.88. The van der Waals surface area contributed by atoms with Crippen molar-refractivity contribution in [2.75, 3.05) is 33.2 Å². The summed E-state index contributed by atoms with van der Waals surface area (Å²) < 4.78 is 32.0. The fraction of sp³-hybridized carbons (Fsp3) is 0.778. The molecule has 0 rings (SSSR count). The third-order valence-electron chi connectivity index (χ3n) is 1.84. The van der Waals surface area contributed by atoms with Gasteiger partial charge in [0.05, 0.1) is 26.6 Å². The van der Waals surface area contributed by atoms with Gasteiger partial charge in [0.15, 0.2) is 12.6 Å². The average Bonchev–Trinajstić information content (AvgIpc) is 2.32. The minimum Gasteiger partial charge on any atom is -0.468 e. The molecule has 0 aliphatic rings. The number of hydrogen-bond donors (Lipinski definition) is 1. The molecule has 0 spiro atoms. The van der Waals surface area contributed by atoms with Crippen molar-refractivity contribution in [1.82, 2.24) is 4.47 Å². The van der Waals surface area contributed by atoms with Gasteiger partial charge in [-0.15, -0.1) is 0 Å². The number of hydroxylamine groups is 1. The van der Waals surface area contributed by atoms with Gasteiger partial charge in [-0.25, -0.2) is 13.2 Å². The molecule has 0 amide bonds. The molecule has 0 aliphatic heterocycles. The molecule has 0 unspecified atom stereocenters. The Morgan fingerprint density at radius 3 is 2.32 bits per heavy atom. The summed E-state index contributed by atoms with van der Waals surface area (Å²) in [5.74, 6) is -1.82. The standard InChI is InChI=1S/C9H17NO8S/c1-4-17-8(12)6-18-10(19(3,14)15)7(5-11)9(13)16-2/h7,11H,4-6H2,1-3H3/t7-/m1/s1. The molecule has 0 aliphatic carbocycles. The van der Waals surface area contributed by atoms with Gasteiger partial charge in [-0.2, -0.15) is 0 Å². The number of rotatable bonds is 8. The highest BCUT2D eigenvalue weighted by atomic mass is 32.2. The van der Waals surface area contributed by atoms with E-state index in [1.165, 1.54) is 0 Å². The van der Waals surface area contributed by atoms with E-state index in [1.807, 2.05) is 0 Å². The van der Waals surface area contributed by atoms with Crippen molar-refractivity contribution in [3.63, 3.8) is 0 Å². The summed E-state index contributed by atoms with van der Waals surface area (Å²) in [4.78, 5) is 27.1. The van der Waals surface area contributed by atoms with Crippen LogP contribution in [-0.4, -0.2) is 69.2 Å². The van der Waals surface area contributed by atoms with Crippen molar-refractivity contribution >= 4 is 22.0 Å². The number of methoxy groups -OCH3 is 1. The van der Waals surface area contributed by atoms with E-state index in [2.05, 4.69) is 9.47 Å². The van der Waals surface area contributed by atoms with Crippen molar-refractivity contribution < 1.29 is 37.4 Å². The molecule has 10 heteroatoms. The number of esters is 2. The first-order valence-corrected chi connectivity index (χ1v) is 7.09. The van der Waals surface area contributed by atoms with Crippen LogP contribution in [0.25, 0.3) is 0 Å². The number of hydrogen-bond acceptors (Lipinski definition) is 8. The monoisotopic (exact) mass is 299 g/mol. The largest absolute Gasteiger partial charge is 0.468 e. The molecule has 112 valence electrons. The Bertz CT molecular complexity index is 406. The SMILES string of the molecule is CCOC(=O)CON([C@H](CO)C(=O)OC)S(C)(=O)=O. The summed E-state index contributed by atoms with van der Waals surface area (Å²) in [6.07, 6.45) is 0.754. The lowest BCUT2D eigenvalue weighted by Crippen LogP contribution is -2.48. The van der Waals surface area contributed by atoms with E-state index in [9.17, 15) is 18.0 Å². The average molecular weight is 299 g/mol. The highest BCUT2D eigenvalue weighted by Gasteiger charge is 2.34. The van der Waals surface area contributed by atoms with E-state index < -0.39 is 41.2 Å². The van der Waals surface area contributed by atoms with E-state index in [0.717, 1.165) is 13.4 Å². The van der Waals surface area contributed by atoms with Gasteiger partial charge in [-0.3, -0.25) is 9.63 Å². The van der Waals surface area contributed by atoms with E-state index in [1.54, 1.807) is 6.92 Å². The number of sulfonamides is 1. The van der Waals surface area contributed by atoms with Crippen LogP contribution in [0.15, 0.2) is 0 Å². The van der Waals surface area contributed by atoms with Crippen LogP contribution in [0.1, 0.15) is 6.92 Å². The number of ether oxygens (including phenoxy) is 2. The van der Waals surface area contributed by atoms with Crippen molar-refractivity contribution in [2.45, 2.75) is 13.0 Å².